The van der Waals surface area contributed by atoms with Gasteiger partial charge in [-0.05, 0) is 84.1 Å². The Morgan fingerprint density at radius 1 is 0.944 bits per heavy atom. The van der Waals surface area contributed by atoms with Gasteiger partial charge in [0.05, 0.1) is 5.69 Å². The molecule has 4 aromatic rings. The fourth-order valence-corrected chi connectivity index (χ4v) is 6.34. The highest BCUT2D eigenvalue weighted by atomic mass is 16.3. The van der Waals surface area contributed by atoms with E-state index in [0.29, 0.717) is 24.1 Å². The van der Waals surface area contributed by atoms with Crippen LogP contribution in [0, 0.1) is 12.3 Å². The summed E-state index contributed by atoms with van der Waals surface area (Å²) in [6.07, 6.45) is 4.57. The first-order chi connectivity index (χ1) is 18.6. The number of nitrogens with zero attached hydrogens (tertiary/aromatic N) is 1. The van der Waals surface area contributed by atoms with Crippen LogP contribution in [0.15, 0.2) is 59.1 Å². The molecule has 36 heavy (non-hydrogen) atoms. The maximum atomic E-state index is 9.43. The van der Waals surface area contributed by atoms with Crippen molar-refractivity contribution in [2.45, 2.75) is 90.8 Å². The zero-order chi connectivity index (χ0) is 28.9. The van der Waals surface area contributed by atoms with E-state index in [0.717, 1.165) is 40.7 Å². The van der Waals surface area contributed by atoms with E-state index in [1.807, 2.05) is 18.2 Å². The van der Waals surface area contributed by atoms with Crippen LogP contribution in [0.1, 0.15) is 101 Å². The minimum Gasteiger partial charge on any atom is -0.456 e. The van der Waals surface area contributed by atoms with Gasteiger partial charge in [0.25, 0.3) is 0 Å². The van der Waals surface area contributed by atoms with E-state index in [2.05, 4.69) is 76.9 Å². The Morgan fingerprint density at radius 3 is 2.44 bits per heavy atom. The van der Waals surface area contributed by atoms with Crippen LogP contribution < -0.4 is 0 Å². The Balaban J connectivity index is 1.53. The molecule has 0 bridgehead atoms. The van der Waals surface area contributed by atoms with Crippen LogP contribution >= 0.6 is 0 Å². The number of aromatic nitrogens is 1. The molecule has 0 aliphatic heterocycles. The van der Waals surface area contributed by atoms with Gasteiger partial charge in [0, 0.05) is 39.2 Å². The molecule has 2 aromatic heterocycles. The number of benzene rings is 2. The lowest BCUT2D eigenvalue weighted by Crippen LogP contribution is -2.43. The molecule has 0 spiro atoms. The van der Waals surface area contributed by atoms with Crippen LogP contribution in [-0.2, 0) is 10.8 Å². The first-order valence-corrected chi connectivity index (χ1v) is 13.2. The number of pyridine rings is 1. The molecule has 0 unspecified atom stereocenters. The van der Waals surface area contributed by atoms with Gasteiger partial charge in [0.2, 0.25) is 0 Å². The average molecular weight is 482 g/mol. The Kier molecular flexibility index (Phi) is 4.18. The molecule has 0 N–H and O–H groups in total. The molecular formula is C34H39NO. The Morgan fingerprint density at radius 2 is 1.69 bits per heavy atom. The van der Waals surface area contributed by atoms with Gasteiger partial charge < -0.3 is 4.42 Å². The third kappa shape index (κ3) is 3.40. The van der Waals surface area contributed by atoms with Gasteiger partial charge in [0.15, 0.2) is 0 Å². The second-order valence-corrected chi connectivity index (χ2v) is 12.7. The molecule has 0 radical (unpaired) electrons. The van der Waals surface area contributed by atoms with Crippen molar-refractivity contribution in [3.63, 3.8) is 0 Å². The lowest BCUT2D eigenvalue weighted by Gasteiger charge is -2.46. The number of hydrogen-bond donors (Lipinski definition) is 0. The van der Waals surface area contributed by atoms with E-state index in [1.165, 1.54) is 17.3 Å². The van der Waals surface area contributed by atoms with Crippen LogP contribution in [-0.4, -0.2) is 4.98 Å². The molecule has 0 atom stereocenters. The summed E-state index contributed by atoms with van der Waals surface area (Å²) in [6.45, 7) is 11.3. The summed E-state index contributed by atoms with van der Waals surface area (Å²) in [5, 5.41) is 1.14. The molecule has 0 amide bonds. The molecule has 1 fully saturated rings. The van der Waals surface area contributed by atoms with Gasteiger partial charge in [-0.1, -0.05) is 71.9 Å². The van der Waals surface area contributed by atoms with Gasteiger partial charge in [0.1, 0.15) is 11.3 Å². The molecule has 2 aromatic carbocycles. The van der Waals surface area contributed by atoms with Crippen molar-refractivity contribution in [3.05, 3.63) is 77.0 Å². The Hall–Kier alpha value is -2.87. The number of aryl methyl sites for hydroxylation is 1. The molecule has 186 valence electrons. The number of fused-ring (bicyclic) bond motifs is 5. The quantitative estimate of drug-likeness (QED) is 0.285. The summed E-state index contributed by atoms with van der Waals surface area (Å²) < 4.78 is 40.6. The predicted octanol–water partition coefficient (Wildman–Crippen LogP) is 9.72. The van der Waals surface area contributed by atoms with Gasteiger partial charge in [-0.2, -0.15) is 0 Å². The third-order valence-electron chi connectivity index (χ3n) is 9.51. The maximum Gasteiger partial charge on any atom is 0.139 e. The number of hydrogen-bond acceptors (Lipinski definition) is 2. The fraction of sp³-hybridized carbons (Fsp3) is 0.441. The van der Waals surface area contributed by atoms with E-state index in [9.17, 15) is 1.37 Å². The second-order valence-electron chi connectivity index (χ2n) is 12.7. The summed E-state index contributed by atoms with van der Waals surface area (Å²) in [5.41, 5.74) is 6.61. The summed E-state index contributed by atoms with van der Waals surface area (Å²) in [4.78, 5) is 4.67. The van der Waals surface area contributed by atoms with Crippen LogP contribution in [0.5, 0.6) is 0 Å². The highest BCUT2D eigenvalue weighted by Crippen LogP contribution is 2.57. The molecule has 2 heteroatoms. The minimum atomic E-state index is -2.32. The minimum absolute atomic E-state index is 0.162. The monoisotopic (exact) mass is 481 g/mol. The molecule has 1 saturated carbocycles. The first-order valence-electron chi connectivity index (χ1n) is 15.2. The Labute approximate surface area is 221 Å². The molecule has 6 rings (SSSR count). The van der Waals surface area contributed by atoms with E-state index in [1.54, 1.807) is 0 Å². The van der Waals surface area contributed by atoms with Gasteiger partial charge in [-0.3, -0.25) is 4.98 Å². The molecule has 0 saturated heterocycles. The predicted molar refractivity (Wildman–Crippen MR) is 151 cm³/mol. The number of para-hydroxylation sites is 1. The van der Waals surface area contributed by atoms with E-state index in [-0.39, 0.29) is 21.8 Å². The van der Waals surface area contributed by atoms with E-state index < -0.39 is 12.7 Å². The summed E-state index contributed by atoms with van der Waals surface area (Å²) in [7, 11) is 0. The van der Waals surface area contributed by atoms with Gasteiger partial charge >= 0.3 is 0 Å². The topological polar surface area (TPSA) is 26.0 Å². The van der Waals surface area contributed by atoms with Crippen LogP contribution in [0.2, 0.25) is 0 Å². The molecule has 2 aliphatic carbocycles. The average Bonchev–Trinajstić information content (AvgIpc) is 3.29. The normalized spacial score (nSPS) is 23.1. The number of rotatable bonds is 2. The smallest absolute Gasteiger partial charge is 0.139 e. The van der Waals surface area contributed by atoms with Crippen molar-refractivity contribution < 1.29 is 9.90 Å². The summed E-state index contributed by atoms with van der Waals surface area (Å²) >= 11 is 0. The van der Waals surface area contributed by atoms with Crippen LogP contribution in [0.3, 0.4) is 0 Å². The maximum absolute atomic E-state index is 9.43. The van der Waals surface area contributed by atoms with Crippen molar-refractivity contribution >= 4 is 11.0 Å². The second kappa shape index (κ2) is 7.81. The van der Waals surface area contributed by atoms with Crippen molar-refractivity contribution in [2.75, 3.05) is 0 Å². The SMILES string of the molecule is [2H]C([2H])([2H])c1cnc(-c2ccc3c(c2)-c2oc4ccccc4c2C(C)(C)C3(C)C)cc1C1([2H])CCC(C)(C)CC1. The molecule has 2 nitrogen and oxygen atoms in total. The van der Waals surface area contributed by atoms with Gasteiger partial charge in [-0.25, -0.2) is 0 Å². The lowest BCUT2D eigenvalue weighted by atomic mass is 9.56. The first kappa shape index (κ1) is 19.3. The zero-order valence-corrected chi connectivity index (χ0v) is 22.4. The van der Waals surface area contributed by atoms with E-state index >= 15 is 0 Å². The number of furan rings is 1. The highest BCUT2D eigenvalue weighted by molar-refractivity contribution is 5.93. The molecular weight excluding hydrogens is 438 g/mol. The standard InChI is InChI=1S/C34H39NO/c1-21-20-35-28(19-25(21)22-14-16-32(2,3)17-15-22)23-12-13-27-26(18-23)31-30(34(6,7)33(27,4)5)24-10-8-9-11-29(24)36-31/h8-13,18-20,22H,14-17H2,1-7H3/i1D3,22D. The van der Waals surface area contributed by atoms with E-state index in [4.69, 9.17) is 8.53 Å². The van der Waals surface area contributed by atoms with Gasteiger partial charge in [-0.15, -0.1) is 0 Å². The largest absolute Gasteiger partial charge is 0.456 e. The molecule has 2 heterocycles. The third-order valence-corrected chi connectivity index (χ3v) is 9.51. The molecule has 2 aliphatic rings. The van der Waals surface area contributed by atoms with Crippen LogP contribution in [0.4, 0.5) is 0 Å². The van der Waals surface area contributed by atoms with Crippen molar-refractivity contribution in [1.29, 1.82) is 0 Å². The van der Waals surface area contributed by atoms with Crippen molar-refractivity contribution in [1.82, 2.24) is 4.98 Å². The van der Waals surface area contributed by atoms with Crippen molar-refractivity contribution in [3.8, 4) is 22.6 Å². The van der Waals surface area contributed by atoms with Crippen LogP contribution in [0.25, 0.3) is 33.6 Å². The fourth-order valence-electron chi connectivity index (χ4n) is 6.34. The lowest BCUT2D eigenvalue weighted by molar-refractivity contribution is 0.224. The van der Waals surface area contributed by atoms with Crippen molar-refractivity contribution in [2.24, 2.45) is 5.41 Å². The summed E-state index contributed by atoms with van der Waals surface area (Å²) in [6, 6.07) is 16.5. The summed E-state index contributed by atoms with van der Waals surface area (Å²) in [5.74, 6) is -0.0449. The zero-order valence-electron chi connectivity index (χ0n) is 26.4. The highest BCUT2D eigenvalue weighted by Gasteiger charge is 2.48. The Bertz CT molecular complexity index is 1630.